The third-order valence-corrected chi connectivity index (χ3v) is 1.47. The lowest BCUT2D eigenvalue weighted by molar-refractivity contribution is 0.0600. The van der Waals surface area contributed by atoms with E-state index in [2.05, 4.69) is 16.3 Å². The maximum Gasteiger partial charge on any atom is 0.337 e. The van der Waals surface area contributed by atoms with Gasteiger partial charge < -0.3 is 4.74 Å². The van der Waals surface area contributed by atoms with E-state index in [1.807, 2.05) is 0 Å². The number of alkyl halides is 1. The summed E-state index contributed by atoms with van der Waals surface area (Å²) in [6.07, 6.45) is 2.20. The summed E-state index contributed by atoms with van der Waals surface area (Å²) in [6, 6.07) is 6.24. The molecule has 0 radical (unpaired) electrons. The summed E-state index contributed by atoms with van der Waals surface area (Å²) in [7, 11) is 1.32. The highest BCUT2D eigenvalue weighted by Crippen LogP contribution is 2.03. The van der Waals surface area contributed by atoms with Crippen molar-refractivity contribution in [3.8, 4) is 0 Å². The second-order valence-electron chi connectivity index (χ2n) is 2.23. The Balaban J connectivity index is 0.000000791. The van der Waals surface area contributed by atoms with Crippen molar-refractivity contribution in [2.75, 3.05) is 13.5 Å². The number of benzene rings is 1. The topological polar surface area (TPSA) is 43.4 Å². The van der Waals surface area contributed by atoms with Crippen molar-refractivity contribution < 1.29 is 14.3 Å². The van der Waals surface area contributed by atoms with Gasteiger partial charge >= 0.3 is 5.97 Å². The highest BCUT2D eigenvalue weighted by molar-refractivity contribution is 6.15. The summed E-state index contributed by atoms with van der Waals surface area (Å²) in [4.78, 5) is 21.1. The molecule has 0 unspecified atom stereocenters. The van der Waals surface area contributed by atoms with E-state index in [9.17, 15) is 9.59 Å². The number of rotatable bonds is 2. The number of carbonyl (C=O) groups excluding carboxylic acids is 2. The van der Waals surface area contributed by atoms with Crippen molar-refractivity contribution in [3.63, 3.8) is 0 Å². The average Bonchev–Trinajstić information content (AvgIpc) is 2.31. The lowest BCUT2D eigenvalue weighted by Crippen LogP contribution is -2.00. The largest absolute Gasteiger partial charge is 0.465 e. The molecule has 0 fully saturated rings. The van der Waals surface area contributed by atoms with E-state index >= 15 is 0 Å². The molecular weight excluding hydrogens is 204 g/mol. The molecular formula is C10H11ClO3. The van der Waals surface area contributed by atoms with Crippen LogP contribution in [0.1, 0.15) is 20.7 Å². The maximum absolute atomic E-state index is 10.9. The highest BCUT2D eigenvalue weighted by atomic mass is 35.5. The second-order valence-corrected chi connectivity index (χ2v) is 2.23. The molecule has 0 saturated heterocycles. The summed E-state index contributed by atoms with van der Waals surface area (Å²) < 4.78 is 4.48. The van der Waals surface area contributed by atoms with Crippen molar-refractivity contribution in [1.29, 1.82) is 0 Å². The van der Waals surface area contributed by atoms with Crippen molar-refractivity contribution in [2.45, 2.75) is 0 Å². The molecule has 4 heteroatoms. The standard InChI is InChI=1S/C9H8O3.CH3Cl/c1-12-9(11)8-4-2-7(6-10)3-5-8;1-2/h2-6H,1H3;1H3. The summed E-state index contributed by atoms with van der Waals surface area (Å²) in [6.45, 7) is 0. The Bertz CT molecular complexity index is 293. The normalized spacial score (nSPS) is 8.21. The first-order valence-electron chi connectivity index (χ1n) is 3.79. The van der Waals surface area contributed by atoms with Crippen molar-refractivity contribution in [3.05, 3.63) is 35.4 Å². The van der Waals surface area contributed by atoms with Gasteiger partial charge in [0.05, 0.1) is 12.7 Å². The van der Waals surface area contributed by atoms with E-state index < -0.39 is 5.97 Å². The number of esters is 1. The van der Waals surface area contributed by atoms with E-state index in [-0.39, 0.29) is 0 Å². The number of carbonyl (C=O) groups is 2. The molecule has 0 N–H and O–H groups in total. The van der Waals surface area contributed by atoms with Crippen molar-refractivity contribution >= 4 is 23.9 Å². The zero-order chi connectivity index (χ0) is 11.0. The van der Waals surface area contributed by atoms with Gasteiger partial charge in [-0.25, -0.2) is 4.79 Å². The molecule has 1 aromatic carbocycles. The Kier molecular flexibility index (Phi) is 6.41. The molecule has 0 heterocycles. The fourth-order valence-electron chi connectivity index (χ4n) is 0.816. The molecule has 76 valence electrons. The minimum absolute atomic E-state index is 0.396. The first-order chi connectivity index (χ1) is 6.77. The monoisotopic (exact) mass is 214 g/mol. The summed E-state index contributed by atoms with van der Waals surface area (Å²) >= 11 is 4.64. The Morgan fingerprint density at radius 1 is 1.29 bits per heavy atom. The van der Waals surface area contributed by atoms with Crippen LogP contribution in [0.15, 0.2) is 24.3 Å². The molecule has 3 nitrogen and oxygen atoms in total. The fraction of sp³-hybridized carbons (Fsp3) is 0.200. The van der Waals surface area contributed by atoms with Crippen LogP contribution in [-0.4, -0.2) is 25.7 Å². The fourth-order valence-corrected chi connectivity index (χ4v) is 0.816. The van der Waals surface area contributed by atoms with Gasteiger partial charge in [-0.1, -0.05) is 12.1 Å². The summed E-state index contributed by atoms with van der Waals surface area (Å²) in [5.41, 5.74) is 0.991. The number of aldehydes is 1. The SMILES string of the molecule is CCl.COC(=O)c1ccc(C=O)cc1. The first kappa shape index (κ1) is 12.7. The molecule has 0 aliphatic carbocycles. The molecule has 0 aliphatic rings. The highest BCUT2D eigenvalue weighted by Gasteiger charge is 2.02. The minimum atomic E-state index is -0.396. The van der Waals surface area contributed by atoms with E-state index in [4.69, 9.17) is 0 Å². The van der Waals surface area contributed by atoms with Crippen LogP contribution < -0.4 is 0 Å². The molecule has 0 spiro atoms. The predicted octanol–water partition coefficient (Wildman–Crippen LogP) is 2.14. The van der Waals surface area contributed by atoms with Gasteiger partial charge in [-0.2, -0.15) is 0 Å². The zero-order valence-corrected chi connectivity index (χ0v) is 8.75. The summed E-state index contributed by atoms with van der Waals surface area (Å²) in [5, 5.41) is 0. The lowest BCUT2D eigenvalue weighted by Gasteiger charge is -1.97. The van der Waals surface area contributed by atoms with Crippen LogP contribution in [0.25, 0.3) is 0 Å². The molecule has 0 saturated carbocycles. The van der Waals surface area contributed by atoms with E-state index in [0.717, 1.165) is 6.29 Å². The Labute approximate surface area is 87.6 Å². The number of hydrogen-bond donors (Lipinski definition) is 0. The smallest absolute Gasteiger partial charge is 0.337 e. The van der Waals surface area contributed by atoms with E-state index in [0.29, 0.717) is 11.1 Å². The Hall–Kier alpha value is -1.35. The first-order valence-corrected chi connectivity index (χ1v) is 4.55. The van der Waals surface area contributed by atoms with Crippen LogP contribution in [0.4, 0.5) is 0 Å². The van der Waals surface area contributed by atoms with Crippen LogP contribution in [0.3, 0.4) is 0 Å². The molecule has 0 aromatic heterocycles. The number of methoxy groups -OCH3 is 1. The van der Waals surface area contributed by atoms with Gasteiger partial charge in [0.25, 0.3) is 0 Å². The second kappa shape index (κ2) is 7.09. The van der Waals surface area contributed by atoms with Gasteiger partial charge in [0.2, 0.25) is 0 Å². The molecule has 0 bridgehead atoms. The van der Waals surface area contributed by atoms with Crippen LogP contribution in [-0.2, 0) is 4.74 Å². The van der Waals surface area contributed by atoms with Gasteiger partial charge in [-0.05, 0) is 12.1 Å². The average molecular weight is 215 g/mol. The molecule has 1 aromatic rings. The lowest BCUT2D eigenvalue weighted by atomic mass is 10.1. The molecule has 0 aliphatic heterocycles. The Morgan fingerprint density at radius 2 is 1.79 bits per heavy atom. The zero-order valence-electron chi connectivity index (χ0n) is 7.99. The van der Waals surface area contributed by atoms with Crippen LogP contribution in [0.2, 0.25) is 0 Å². The summed E-state index contributed by atoms with van der Waals surface area (Å²) in [5.74, 6) is -0.396. The number of ether oxygens (including phenoxy) is 1. The van der Waals surface area contributed by atoms with Gasteiger partial charge in [-0.3, -0.25) is 4.79 Å². The minimum Gasteiger partial charge on any atom is -0.465 e. The quantitative estimate of drug-likeness (QED) is 0.430. The van der Waals surface area contributed by atoms with Gasteiger partial charge in [-0.15, -0.1) is 11.6 Å². The van der Waals surface area contributed by atoms with Crippen molar-refractivity contribution in [1.82, 2.24) is 0 Å². The van der Waals surface area contributed by atoms with Crippen LogP contribution >= 0.6 is 11.6 Å². The Morgan fingerprint density at radius 3 is 2.14 bits per heavy atom. The number of halogens is 1. The number of hydrogen-bond acceptors (Lipinski definition) is 3. The third kappa shape index (κ3) is 3.58. The van der Waals surface area contributed by atoms with Gasteiger partial charge in [0, 0.05) is 11.9 Å². The van der Waals surface area contributed by atoms with Gasteiger partial charge in [0.1, 0.15) is 6.29 Å². The molecule has 0 amide bonds. The third-order valence-electron chi connectivity index (χ3n) is 1.47. The predicted molar refractivity (Wildman–Crippen MR) is 54.9 cm³/mol. The molecule has 14 heavy (non-hydrogen) atoms. The van der Waals surface area contributed by atoms with E-state index in [1.54, 1.807) is 24.3 Å². The van der Waals surface area contributed by atoms with Gasteiger partial charge in [0.15, 0.2) is 0 Å². The van der Waals surface area contributed by atoms with Crippen LogP contribution in [0.5, 0.6) is 0 Å². The molecule has 0 atom stereocenters. The maximum atomic E-state index is 10.9. The van der Waals surface area contributed by atoms with E-state index in [1.165, 1.54) is 13.5 Å². The van der Waals surface area contributed by atoms with Crippen molar-refractivity contribution in [2.24, 2.45) is 0 Å². The van der Waals surface area contributed by atoms with Crippen LogP contribution in [0, 0.1) is 0 Å². The molecule has 1 rings (SSSR count).